The summed E-state index contributed by atoms with van der Waals surface area (Å²) in [6, 6.07) is 0. The second-order valence-corrected chi connectivity index (χ2v) is 6.17. The highest BCUT2D eigenvalue weighted by atomic mass is 32.1. The summed E-state index contributed by atoms with van der Waals surface area (Å²) < 4.78 is 1.61. The number of nitrogens with one attached hydrogen (secondary N) is 1. The Morgan fingerprint density at radius 3 is 2.91 bits per heavy atom. The van der Waals surface area contributed by atoms with Crippen molar-refractivity contribution < 1.29 is 9.90 Å². The average molecular weight is 323 g/mol. The lowest BCUT2D eigenvalue weighted by Gasteiger charge is -2.04. The first-order valence-corrected chi connectivity index (χ1v) is 8.29. The van der Waals surface area contributed by atoms with Crippen molar-refractivity contribution in [2.45, 2.75) is 39.7 Å². The van der Waals surface area contributed by atoms with Crippen molar-refractivity contribution in [1.29, 1.82) is 0 Å². The Morgan fingerprint density at radius 2 is 2.23 bits per heavy atom. The number of amides is 1. The van der Waals surface area contributed by atoms with Crippen LogP contribution >= 0.6 is 11.3 Å². The van der Waals surface area contributed by atoms with Crippen LogP contribution in [0.4, 0.5) is 0 Å². The number of aliphatic hydroxyl groups excluding tert-OH is 1. The van der Waals surface area contributed by atoms with E-state index in [1.54, 1.807) is 17.8 Å². The molecule has 0 aliphatic heterocycles. The number of carbonyl (C=O) groups is 1. The van der Waals surface area contributed by atoms with Crippen LogP contribution in [-0.2, 0) is 6.54 Å². The van der Waals surface area contributed by atoms with Crippen LogP contribution in [0.3, 0.4) is 0 Å². The number of rotatable bonds is 7. The lowest BCUT2D eigenvalue weighted by atomic mass is 10.2. The van der Waals surface area contributed by atoms with Crippen LogP contribution in [0, 0.1) is 6.92 Å². The zero-order valence-corrected chi connectivity index (χ0v) is 13.7. The van der Waals surface area contributed by atoms with Gasteiger partial charge in [-0.1, -0.05) is 13.3 Å². The molecule has 2 aromatic rings. The number of thiophene rings is 1. The van der Waals surface area contributed by atoms with Crippen LogP contribution < -0.4 is 10.9 Å². The normalized spacial score (nSPS) is 11.0. The Morgan fingerprint density at radius 1 is 1.45 bits per heavy atom. The summed E-state index contributed by atoms with van der Waals surface area (Å²) in [6.45, 7) is 4.95. The van der Waals surface area contributed by atoms with Crippen molar-refractivity contribution in [2.75, 3.05) is 13.2 Å². The number of carbonyl (C=O) groups excluding carboxylic acids is 1. The molecule has 0 atom stereocenters. The third-order valence-electron chi connectivity index (χ3n) is 3.50. The summed E-state index contributed by atoms with van der Waals surface area (Å²) in [5, 5.41) is 12.0. The predicted octanol–water partition coefficient (Wildman–Crippen LogP) is 1.68. The minimum absolute atomic E-state index is 0.0371. The molecule has 0 saturated carbocycles. The first kappa shape index (κ1) is 16.6. The molecule has 0 saturated heterocycles. The zero-order chi connectivity index (χ0) is 16.1. The van der Waals surface area contributed by atoms with Gasteiger partial charge in [0.1, 0.15) is 4.83 Å². The van der Waals surface area contributed by atoms with Crippen molar-refractivity contribution in [3.63, 3.8) is 0 Å². The van der Waals surface area contributed by atoms with Crippen molar-refractivity contribution >= 4 is 27.5 Å². The van der Waals surface area contributed by atoms with Gasteiger partial charge in [-0.3, -0.25) is 14.2 Å². The maximum Gasteiger partial charge on any atom is 0.262 e. The van der Waals surface area contributed by atoms with Gasteiger partial charge in [-0.2, -0.15) is 0 Å². The summed E-state index contributed by atoms with van der Waals surface area (Å²) in [7, 11) is 0. The fraction of sp³-hybridized carbons (Fsp3) is 0.533. The third kappa shape index (κ3) is 3.36. The molecule has 0 aromatic carbocycles. The molecule has 0 aliphatic carbocycles. The smallest absolute Gasteiger partial charge is 0.262 e. The van der Waals surface area contributed by atoms with Gasteiger partial charge in [0.25, 0.3) is 11.5 Å². The molecule has 0 spiro atoms. The fourth-order valence-electron chi connectivity index (χ4n) is 2.22. The second-order valence-electron chi connectivity index (χ2n) is 5.17. The van der Waals surface area contributed by atoms with E-state index in [4.69, 9.17) is 5.11 Å². The first-order valence-electron chi connectivity index (χ1n) is 7.47. The zero-order valence-electron chi connectivity index (χ0n) is 12.9. The topological polar surface area (TPSA) is 84.2 Å². The molecule has 2 rings (SSSR count). The van der Waals surface area contributed by atoms with Crippen molar-refractivity contribution in [3.05, 3.63) is 27.1 Å². The van der Waals surface area contributed by atoms with Gasteiger partial charge >= 0.3 is 0 Å². The first-order chi connectivity index (χ1) is 10.6. The molecular weight excluding hydrogens is 302 g/mol. The van der Waals surface area contributed by atoms with Crippen LogP contribution in [0.1, 0.15) is 41.4 Å². The number of aliphatic hydroxyl groups is 1. The monoisotopic (exact) mass is 323 g/mol. The lowest BCUT2D eigenvalue weighted by Crippen LogP contribution is -2.25. The van der Waals surface area contributed by atoms with Gasteiger partial charge in [-0.25, -0.2) is 4.98 Å². The van der Waals surface area contributed by atoms with Crippen molar-refractivity contribution in [1.82, 2.24) is 14.9 Å². The largest absolute Gasteiger partial charge is 0.396 e. The van der Waals surface area contributed by atoms with E-state index in [1.165, 1.54) is 11.3 Å². The number of nitrogens with zero attached hydrogens (tertiary/aromatic N) is 2. The van der Waals surface area contributed by atoms with Crippen LogP contribution in [0.25, 0.3) is 10.2 Å². The maximum absolute atomic E-state index is 12.5. The number of unbranched alkanes of at least 4 members (excludes halogenated alkanes) is 1. The van der Waals surface area contributed by atoms with Crippen molar-refractivity contribution in [2.24, 2.45) is 0 Å². The molecule has 2 heterocycles. The molecular formula is C15H21N3O3S. The van der Waals surface area contributed by atoms with Crippen molar-refractivity contribution in [3.8, 4) is 0 Å². The number of fused-ring (bicyclic) bond motifs is 1. The van der Waals surface area contributed by atoms with Gasteiger partial charge in [0.05, 0.1) is 16.6 Å². The van der Waals surface area contributed by atoms with Gasteiger partial charge in [0, 0.05) is 19.7 Å². The Labute approximate surface area is 132 Å². The third-order valence-corrected chi connectivity index (χ3v) is 4.70. The molecule has 120 valence electrons. The van der Waals surface area contributed by atoms with Gasteiger partial charge < -0.3 is 10.4 Å². The number of hydrogen-bond acceptors (Lipinski definition) is 5. The Hall–Kier alpha value is -1.73. The molecule has 0 bridgehead atoms. The van der Waals surface area contributed by atoms with Gasteiger partial charge in [0.15, 0.2) is 0 Å². The highest BCUT2D eigenvalue weighted by molar-refractivity contribution is 7.20. The Balaban J connectivity index is 2.35. The molecule has 22 heavy (non-hydrogen) atoms. The SMILES string of the molecule is CCCCn1cnc2sc(C(=O)NCCCO)c(C)c2c1=O. The van der Waals surface area contributed by atoms with Gasteiger partial charge in [-0.15, -0.1) is 11.3 Å². The summed E-state index contributed by atoms with van der Waals surface area (Å²) in [5.41, 5.74) is 0.603. The van der Waals surface area contributed by atoms with Gasteiger partial charge in [-0.05, 0) is 25.3 Å². The summed E-state index contributed by atoms with van der Waals surface area (Å²) in [4.78, 5) is 30.1. The molecule has 0 aliphatic rings. The summed E-state index contributed by atoms with van der Waals surface area (Å²) in [5.74, 6) is -0.214. The minimum Gasteiger partial charge on any atom is -0.396 e. The van der Waals surface area contributed by atoms with Crippen LogP contribution in [0.15, 0.2) is 11.1 Å². The molecule has 6 nitrogen and oxygen atoms in total. The molecule has 0 fully saturated rings. The van der Waals surface area contributed by atoms with Crippen LogP contribution in [0.2, 0.25) is 0 Å². The molecule has 7 heteroatoms. The minimum atomic E-state index is -0.214. The molecule has 0 radical (unpaired) electrons. The number of hydrogen-bond donors (Lipinski definition) is 2. The highest BCUT2D eigenvalue weighted by Gasteiger charge is 2.19. The summed E-state index contributed by atoms with van der Waals surface area (Å²) in [6.07, 6.45) is 4.00. The van der Waals surface area contributed by atoms with E-state index in [0.29, 0.717) is 40.2 Å². The number of aromatic nitrogens is 2. The predicted molar refractivity (Wildman–Crippen MR) is 87.6 cm³/mol. The highest BCUT2D eigenvalue weighted by Crippen LogP contribution is 2.26. The van der Waals surface area contributed by atoms with E-state index in [-0.39, 0.29) is 18.1 Å². The van der Waals surface area contributed by atoms with E-state index >= 15 is 0 Å². The van der Waals surface area contributed by atoms with Crippen LogP contribution in [0.5, 0.6) is 0 Å². The molecule has 2 aromatic heterocycles. The molecule has 0 unspecified atom stereocenters. The van der Waals surface area contributed by atoms with E-state index in [2.05, 4.69) is 17.2 Å². The van der Waals surface area contributed by atoms with Crippen LogP contribution in [-0.4, -0.2) is 33.7 Å². The van der Waals surface area contributed by atoms with E-state index in [1.807, 2.05) is 0 Å². The van der Waals surface area contributed by atoms with E-state index < -0.39 is 0 Å². The fourth-order valence-corrected chi connectivity index (χ4v) is 3.28. The van der Waals surface area contributed by atoms with E-state index in [0.717, 1.165) is 12.8 Å². The quantitative estimate of drug-likeness (QED) is 0.759. The Kier molecular flexibility index (Phi) is 5.68. The molecule has 1 amide bonds. The van der Waals surface area contributed by atoms with E-state index in [9.17, 15) is 9.59 Å². The average Bonchev–Trinajstić information content (AvgIpc) is 2.84. The Bertz CT molecular complexity index is 721. The number of aryl methyl sites for hydroxylation is 2. The lowest BCUT2D eigenvalue weighted by molar-refractivity contribution is 0.0954. The second kappa shape index (κ2) is 7.51. The molecule has 2 N–H and O–H groups in total. The van der Waals surface area contributed by atoms with Gasteiger partial charge in [0.2, 0.25) is 0 Å². The standard InChI is InChI=1S/C15H21N3O3S/c1-3-4-7-18-9-17-14-11(15(18)21)10(2)12(22-14)13(20)16-6-5-8-19/h9,19H,3-8H2,1-2H3,(H,16,20). The maximum atomic E-state index is 12.5. The summed E-state index contributed by atoms with van der Waals surface area (Å²) >= 11 is 1.24.